The Morgan fingerprint density at radius 2 is 1.72 bits per heavy atom. The van der Waals surface area contributed by atoms with Crippen molar-refractivity contribution >= 4 is 27.3 Å². The van der Waals surface area contributed by atoms with E-state index in [1.165, 1.54) is 17.7 Å². The van der Waals surface area contributed by atoms with Crippen molar-refractivity contribution in [3.05, 3.63) is 71.7 Å². The van der Waals surface area contributed by atoms with Crippen LogP contribution in [0.3, 0.4) is 0 Å². The molecule has 1 amide bonds. The van der Waals surface area contributed by atoms with Crippen molar-refractivity contribution in [2.75, 3.05) is 10.0 Å². The molecule has 0 saturated heterocycles. The van der Waals surface area contributed by atoms with Gasteiger partial charge in [-0.3, -0.25) is 14.6 Å². The third kappa shape index (κ3) is 5.20. The number of aryl methyl sites for hydroxylation is 1. The van der Waals surface area contributed by atoms with Crippen LogP contribution < -0.4 is 10.0 Å². The molecule has 0 fully saturated rings. The number of hydrogen-bond acceptors (Lipinski definition) is 4. The molecule has 0 bridgehead atoms. The van der Waals surface area contributed by atoms with Crippen molar-refractivity contribution in [2.24, 2.45) is 0 Å². The fraction of sp³-hybridized carbons (Fsp3) is 0.200. The Balaban J connectivity index is 1.74. The van der Waals surface area contributed by atoms with Crippen molar-refractivity contribution in [2.45, 2.75) is 31.2 Å². The number of aromatic nitrogens is 2. The second kappa shape index (κ2) is 8.87. The van der Waals surface area contributed by atoms with Crippen LogP contribution in [-0.2, 0) is 16.4 Å². The van der Waals surface area contributed by atoms with Crippen LogP contribution in [0, 0.1) is 5.82 Å². The van der Waals surface area contributed by atoms with E-state index in [1.54, 1.807) is 12.1 Å². The van der Waals surface area contributed by atoms with Gasteiger partial charge in [-0.15, -0.1) is 0 Å². The number of aromatic amines is 1. The lowest BCUT2D eigenvalue weighted by atomic mass is 10.1. The molecule has 0 radical (unpaired) electrons. The Hall–Kier alpha value is -3.20. The molecule has 1 heterocycles. The van der Waals surface area contributed by atoms with Crippen LogP contribution in [0.1, 0.15) is 35.7 Å². The Labute approximate surface area is 168 Å². The van der Waals surface area contributed by atoms with Gasteiger partial charge in [-0.1, -0.05) is 25.5 Å². The van der Waals surface area contributed by atoms with E-state index in [-0.39, 0.29) is 16.3 Å². The zero-order valence-corrected chi connectivity index (χ0v) is 16.6. The molecule has 0 atom stereocenters. The number of unbranched alkanes of at least 4 members (excludes halogenated alkanes) is 1. The topological polar surface area (TPSA) is 104 Å². The molecule has 9 heteroatoms. The number of hydrogen-bond donors (Lipinski definition) is 3. The van der Waals surface area contributed by atoms with Crippen LogP contribution in [0.15, 0.2) is 59.8 Å². The van der Waals surface area contributed by atoms with Gasteiger partial charge in [0.15, 0.2) is 5.03 Å². The minimum Gasteiger partial charge on any atom is -0.322 e. The largest absolute Gasteiger partial charge is 0.322 e. The number of carbonyl (C=O) groups is 1. The summed E-state index contributed by atoms with van der Waals surface area (Å²) in [6.45, 7) is 2.12. The second-order valence-corrected chi connectivity index (χ2v) is 8.10. The van der Waals surface area contributed by atoms with Crippen molar-refractivity contribution < 1.29 is 17.6 Å². The van der Waals surface area contributed by atoms with Crippen LogP contribution >= 0.6 is 0 Å². The lowest BCUT2D eigenvalue weighted by molar-refractivity contribution is 0.102. The monoisotopic (exact) mass is 416 g/mol. The average molecular weight is 416 g/mol. The van der Waals surface area contributed by atoms with Gasteiger partial charge in [0.05, 0.1) is 11.8 Å². The van der Waals surface area contributed by atoms with Gasteiger partial charge in [-0.25, -0.2) is 4.39 Å². The van der Waals surface area contributed by atoms with Gasteiger partial charge < -0.3 is 5.32 Å². The number of nitrogens with one attached hydrogen (secondary N) is 3. The van der Waals surface area contributed by atoms with Gasteiger partial charge in [0.2, 0.25) is 0 Å². The summed E-state index contributed by atoms with van der Waals surface area (Å²) in [6.07, 6.45) is 4.29. The third-order valence-corrected chi connectivity index (χ3v) is 5.60. The lowest BCUT2D eigenvalue weighted by Crippen LogP contribution is -2.19. The van der Waals surface area contributed by atoms with Crippen LogP contribution in [-0.4, -0.2) is 24.5 Å². The minimum absolute atomic E-state index is 0.130. The van der Waals surface area contributed by atoms with E-state index in [1.807, 2.05) is 12.1 Å². The summed E-state index contributed by atoms with van der Waals surface area (Å²) < 4.78 is 40.5. The minimum atomic E-state index is -4.12. The number of amides is 1. The number of nitrogens with zero attached hydrogens (tertiary/aromatic N) is 1. The first-order chi connectivity index (χ1) is 13.9. The van der Waals surface area contributed by atoms with E-state index < -0.39 is 21.7 Å². The van der Waals surface area contributed by atoms with Crippen LogP contribution in [0.4, 0.5) is 15.8 Å². The quantitative estimate of drug-likeness (QED) is 0.517. The predicted octanol–water partition coefficient (Wildman–Crippen LogP) is 3.94. The van der Waals surface area contributed by atoms with Crippen molar-refractivity contribution in [1.82, 2.24) is 10.2 Å². The summed E-state index contributed by atoms with van der Waals surface area (Å²) in [4.78, 5) is 12.6. The van der Waals surface area contributed by atoms with Gasteiger partial charge in [0, 0.05) is 11.4 Å². The molecular weight excluding hydrogens is 395 g/mol. The molecule has 3 N–H and O–H groups in total. The van der Waals surface area contributed by atoms with Crippen LogP contribution in [0.5, 0.6) is 0 Å². The van der Waals surface area contributed by atoms with E-state index >= 15 is 0 Å². The summed E-state index contributed by atoms with van der Waals surface area (Å²) in [7, 11) is -4.12. The summed E-state index contributed by atoms with van der Waals surface area (Å²) in [5.41, 5.74) is 1.75. The molecule has 0 unspecified atom stereocenters. The highest BCUT2D eigenvalue weighted by Gasteiger charge is 2.25. The Morgan fingerprint density at radius 1 is 1.07 bits per heavy atom. The SMILES string of the molecule is CCCCc1ccc(NC(=O)c2cn[nH]c2S(=O)(=O)Nc2ccc(F)cc2)cc1. The van der Waals surface area contributed by atoms with Crippen molar-refractivity contribution in [1.29, 1.82) is 0 Å². The molecule has 3 rings (SSSR count). The van der Waals surface area contributed by atoms with E-state index in [4.69, 9.17) is 0 Å². The maximum Gasteiger partial charge on any atom is 0.279 e. The highest BCUT2D eigenvalue weighted by molar-refractivity contribution is 7.92. The molecule has 0 aliphatic carbocycles. The average Bonchev–Trinajstić information content (AvgIpc) is 3.20. The normalized spacial score (nSPS) is 11.2. The molecule has 3 aromatic rings. The van der Waals surface area contributed by atoms with Gasteiger partial charge in [0.1, 0.15) is 5.82 Å². The third-order valence-electron chi connectivity index (χ3n) is 4.24. The molecule has 2 aromatic carbocycles. The molecule has 0 saturated carbocycles. The van der Waals surface area contributed by atoms with Gasteiger partial charge in [0.25, 0.3) is 15.9 Å². The Kier molecular flexibility index (Phi) is 6.28. The number of carbonyl (C=O) groups excluding carboxylic acids is 1. The van der Waals surface area contributed by atoms with Gasteiger partial charge in [-0.2, -0.15) is 13.5 Å². The van der Waals surface area contributed by atoms with E-state index in [9.17, 15) is 17.6 Å². The number of halogens is 1. The number of benzene rings is 2. The first-order valence-corrected chi connectivity index (χ1v) is 10.6. The standard InChI is InChI=1S/C20H21FN4O3S/c1-2-3-4-14-5-9-16(10-6-14)23-19(26)18-13-22-24-20(18)29(27,28)25-17-11-7-15(21)8-12-17/h5-13,25H,2-4H2,1H3,(H,22,24)(H,23,26). The maximum absolute atomic E-state index is 13.0. The number of anilines is 2. The highest BCUT2D eigenvalue weighted by atomic mass is 32.2. The molecule has 0 aliphatic heterocycles. The molecule has 1 aromatic heterocycles. The first-order valence-electron chi connectivity index (χ1n) is 9.11. The van der Waals surface area contributed by atoms with E-state index in [0.29, 0.717) is 5.69 Å². The number of sulfonamides is 1. The van der Waals surface area contributed by atoms with Crippen molar-refractivity contribution in [3.63, 3.8) is 0 Å². The number of H-pyrrole nitrogens is 1. The zero-order valence-electron chi connectivity index (χ0n) is 15.8. The summed E-state index contributed by atoms with van der Waals surface area (Å²) in [5.74, 6) is -1.10. The Morgan fingerprint density at radius 3 is 2.38 bits per heavy atom. The fourth-order valence-corrected chi connectivity index (χ4v) is 3.86. The lowest BCUT2D eigenvalue weighted by Gasteiger charge is -2.09. The fourth-order valence-electron chi connectivity index (χ4n) is 2.70. The van der Waals surface area contributed by atoms with Crippen LogP contribution in [0.2, 0.25) is 0 Å². The molecule has 7 nitrogen and oxygen atoms in total. The Bertz CT molecular complexity index is 1080. The zero-order chi connectivity index (χ0) is 20.9. The van der Waals surface area contributed by atoms with E-state index in [2.05, 4.69) is 27.2 Å². The molecule has 29 heavy (non-hydrogen) atoms. The van der Waals surface area contributed by atoms with Crippen molar-refractivity contribution in [3.8, 4) is 0 Å². The number of rotatable bonds is 8. The molecule has 0 spiro atoms. The summed E-state index contributed by atoms with van der Waals surface area (Å²) in [6, 6.07) is 12.2. The maximum atomic E-state index is 13.0. The predicted molar refractivity (Wildman–Crippen MR) is 109 cm³/mol. The molecule has 152 valence electrons. The highest BCUT2D eigenvalue weighted by Crippen LogP contribution is 2.19. The molecular formula is C20H21FN4O3S. The van der Waals surface area contributed by atoms with E-state index in [0.717, 1.165) is 37.6 Å². The first kappa shape index (κ1) is 20.5. The second-order valence-electron chi connectivity index (χ2n) is 6.48. The molecule has 0 aliphatic rings. The van der Waals surface area contributed by atoms with Crippen LogP contribution in [0.25, 0.3) is 0 Å². The smallest absolute Gasteiger partial charge is 0.279 e. The summed E-state index contributed by atoms with van der Waals surface area (Å²) in [5, 5.41) is 8.33. The summed E-state index contributed by atoms with van der Waals surface area (Å²) >= 11 is 0. The van der Waals surface area contributed by atoms with Gasteiger partial charge >= 0.3 is 0 Å². The van der Waals surface area contributed by atoms with Gasteiger partial charge in [-0.05, 0) is 54.8 Å².